The Balaban J connectivity index is 1.54. The van der Waals surface area contributed by atoms with Crippen LogP contribution < -0.4 is 0 Å². The highest BCUT2D eigenvalue weighted by atomic mass is 79.9. The van der Waals surface area contributed by atoms with Gasteiger partial charge in [0, 0.05) is 17.7 Å². The van der Waals surface area contributed by atoms with Crippen LogP contribution in [0, 0.1) is 13.8 Å². The van der Waals surface area contributed by atoms with E-state index in [9.17, 15) is 0 Å². The van der Waals surface area contributed by atoms with Gasteiger partial charge in [-0.1, -0.05) is 61.5 Å². The summed E-state index contributed by atoms with van der Waals surface area (Å²) in [5, 5.41) is 14.5. The maximum absolute atomic E-state index is 4.87. The summed E-state index contributed by atoms with van der Waals surface area (Å²) in [5.41, 5.74) is 8.41. The summed E-state index contributed by atoms with van der Waals surface area (Å²) in [6.07, 6.45) is 0.853. The van der Waals surface area contributed by atoms with E-state index >= 15 is 0 Å². The third kappa shape index (κ3) is 4.17. The zero-order valence-corrected chi connectivity index (χ0v) is 20.8. The van der Waals surface area contributed by atoms with E-state index in [2.05, 4.69) is 97.4 Å². The fourth-order valence-electron chi connectivity index (χ4n) is 4.24. The van der Waals surface area contributed by atoms with E-state index in [1.54, 1.807) is 0 Å². The quantitative estimate of drug-likeness (QED) is 0.324. The average molecular weight is 514 g/mol. The van der Waals surface area contributed by atoms with Gasteiger partial charge in [0.25, 0.3) is 0 Å². The molecule has 3 heterocycles. The van der Waals surface area contributed by atoms with Crippen LogP contribution in [0.1, 0.15) is 46.5 Å². The number of hydrogen-bond acceptors (Lipinski definition) is 5. The number of aryl methyl sites for hydroxylation is 3. The van der Waals surface area contributed by atoms with E-state index in [1.165, 1.54) is 5.56 Å². The number of fused-ring (bicyclic) bond motifs is 1. The Labute approximate surface area is 206 Å². The smallest absolute Gasteiger partial charge is 0.212 e. The molecule has 170 valence electrons. The maximum Gasteiger partial charge on any atom is 0.212 e. The number of halogens is 1. The Hall–Kier alpha value is -3.65. The molecule has 5 rings (SSSR count). The van der Waals surface area contributed by atoms with Crippen LogP contribution >= 0.6 is 15.9 Å². The molecule has 0 amide bonds. The number of pyridine rings is 1. The molecule has 34 heavy (non-hydrogen) atoms. The van der Waals surface area contributed by atoms with Crippen LogP contribution in [-0.2, 0) is 13.0 Å². The van der Waals surface area contributed by atoms with Crippen molar-refractivity contribution in [3.8, 4) is 0 Å². The second-order valence-corrected chi connectivity index (χ2v) is 9.00. The lowest BCUT2D eigenvalue weighted by Gasteiger charge is -2.13. The number of aromatic nitrogens is 7. The summed E-state index contributed by atoms with van der Waals surface area (Å²) in [4.78, 5) is 9.67. The van der Waals surface area contributed by atoms with E-state index in [-0.39, 0.29) is 0 Å². The zero-order chi connectivity index (χ0) is 23.7. The minimum Gasteiger partial charge on any atom is -0.308 e. The first-order chi connectivity index (χ1) is 16.5. The Morgan fingerprint density at radius 1 is 0.971 bits per heavy atom. The van der Waals surface area contributed by atoms with Gasteiger partial charge in [-0.05, 0) is 63.3 Å². The summed E-state index contributed by atoms with van der Waals surface area (Å²) in [7, 11) is 0. The summed E-state index contributed by atoms with van der Waals surface area (Å²) in [5.74, 6) is 1.56. The van der Waals surface area contributed by atoms with E-state index < -0.39 is 0 Å². The van der Waals surface area contributed by atoms with Crippen LogP contribution in [-0.4, -0.2) is 35.2 Å². The van der Waals surface area contributed by atoms with E-state index in [4.69, 9.17) is 9.97 Å². The van der Waals surface area contributed by atoms with Crippen molar-refractivity contribution in [2.45, 2.75) is 33.7 Å². The van der Waals surface area contributed by atoms with Crippen molar-refractivity contribution in [2.75, 3.05) is 0 Å². The highest BCUT2D eigenvalue weighted by Gasteiger charge is 2.16. The summed E-state index contributed by atoms with van der Waals surface area (Å²) >= 11 is 3.71. The molecule has 1 N–H and O–H groups in total. The first kappa shape index (κ1) is 22.2. The first-order valence-corrected chi connectivity index (χ1v) is 12.0. The molecule has 0 fully saturated rings. The van der Waals surface area contributed by atoms with Gasteiger partial charge in [0.15, 0.2) is 5.65 Å². The molecule has 0 unspecified atom stereocenters. The number of nitrogens with zero attached hydrogens (tertiary/aromatic N) is 6. The molecule has 3 aromatic heterocycles. The standard InChI is InChI=1S/C26H24BrN7/c1-4-21-29-24-16(2)14-17(3)28-26(24)34(21)15-18-10-12-20(13-11-18)22(19-8-6-5-7-9-19)23(27)25-30-32-33-31-25/h5-14H,4,15H2,1-3H3,(H,30,31,32,33)/b23-22-. The molecule has 7 nitrogen and oxygen atoms in total. The van der Waals surface area contributed by atoms with Crippen LogP contribution in [0.15, 0.2) is 60.7 Å². The number of tetrazole rings is 1. The van der Waals surface area contributed by atoms with Crippen molar-refractivity contribution in [1.29, 1.82) is 0 Å². The highest BCUT2D eigenvalue weighted by Crippen LogP contribution is 2.34. The Morgan fingerprint density at radius 2 is 1.71 bits per heavy atom. The molecule has 0 aliphatic carbocycles. The van der Waals surface area contributed by atoms with Crippen molar-refractivity contribution in [3.05, 3.63) is 100 Å². The highest BCUT2D eigenvalue weighted by molar-refractivity contribution is 9.15. The van der Waals surface area contributed by atoms with Crippen molar-refractivity contribution < 1.29 is 0 Å². The molecule has 0 aliphatic rings. The van der Waals surface area contributed by atoms with Crippen molar-refractivity contribution in [2.24, 2.45) is 0 Å². The van der Waals surface area contributed by atoms with Gasteiger partial charge in [-0.2, -0.15) is 5.21 Å². The Bertz CT molecular complexity index is 1470. The summed E-state index contributed by atoms with van der Waals surface area (Å²) < 4.78 is 3.01. The molecule has 0 aliphatic heterocycles. The van der Waals surface area contributed by atoms with E-state index in [0.29, 0.717) is 12.4 Å². The number of rotatable bonds is 6. The minimum atomic E-state index is 0.511. The van der Waals surface area contributed by atoms with Crippen LogP contribution in [0.2, 0.25) is 0 Å². The van der Waals surface area contributed by atoms with Gasteiger partial charge < -0.3 is 4.57 Å². The van der Waals surface area contributed by atoms with Gasteiger partial charge in [0.05, 0.1) is 11.0 Å². The molecule has 0 spiro atoms. The van der Waals surface area contributed by atoms with Gasteiger partial charge in [-0.25, -0.2) is 9.97 Å². The molecule has 0 saturated carbocycles. The molecule has 0 saturated heterocycles. The van der Waals surface area contributed by atoms with Gasteiger partial charge in [0.1, 0.15) is 11.3 Å². The van der Waals surface area contributed by atoms with E-state index in [0.717, 1.165) is 55.8 Å². The molecule has 0 radical (unpaired) electrons. The normalized spacial score (nSPS) is 12.2. The van der Waals surface area contributed by atoms with E-state index in [1.807, 2.05) is 25.1 Å². The van der Waals surface area contributed by atoms with Gasteiger partial charge in [-0.3, -0.25) is 0 Å². The lowest BCUT2D eigenvalue weighted by atomic mass is 9.96. The zero-order valence-electron chi connectivity index (χ0n) is 19.2. The SMILES string of the molecule is CCc1nc2c(C)cc(C)nc2n1Cc1ccc(/C(=C(\Br)c2nn[nH]n2)c2ccccc2)cc1. The third-order valence-electron chi connectivity index (χ3n) is 5.82. The fraction of sp³-hybridized carbons (Fsp3) is 0.192. The molecule has 2 aromatic carbocycles. The van der Waals surface area contributed by atoms with Crippen molar-refractivity contribution in [3.63, 3.8) is 0 Å². The predicted octanol–water partition coefficient (Wildman–Crippen LogP) is 5.48. The number of nitrogens with one attached hydrogen (secondary N) is 1. The van der Waals surface area contributed by atoms with Gasteiger partial charge >= 0.3 is 0 Å². The number of hydrogen-bond donors (Lipinski definition) is 1. The lowest BCUT2D eigenvalue weighted by Crippen LogP contribution is -2.06. The predicted molar refractivity (Wildman–Crippen MR) is 137 cm³/mol. The average Bonchev–Trinajstić information content (AvgIpc) is 3.50. The third-order valence-corrected chi connectivity index (χ3v) is 6.58. The molecule has 5 aromatic rings. The largest absolute Gasteiger partial charge is 0.308 e. The summed E-state index contributed by atoms with van der Waals surface area (Å²) in [6, 6.07) is 20.9. The molecular weight excluding hydrogens is 490 g/mol. The number of aromatic amines is 1. The monoisotopic (exact) mass is 513 g/mol. The minimum absolute atomic E-state index is 0.511. The van der Waals surface area contributed by atoms with Crippen molar-refractivity contribution >= 4 is 37.1 Å². The maximum atomic E-state index is 4.87. The fourth-order valence-corrected chi connectivity index (χ4v) is 4.86. The number of benzene rings is 2. The Morgan fingerprint density at radius 3 is 2.38 bits per heavy atom. The number of H-pyrrole nitrogens is 1. The lowest BCUT2D eigenvalue weighted by molar-refractivity contribution is 0.745. The number of imidazole rings is 1. The second-order valence-electron chi connectivity index (χ2n) is 8.21. The van der Waals surface area contributed by atoms with Crippen LogP contribution in [0.5, 0.6) is 0 Å². The van der Waals surface area contributed by atoms with Crippen molar-refractivity contribution in [1.82, 2.24) is 35.2 Å². The second kappa shape index (κ2) is 9.30. The Kier molecular flexibility index (Phi) is 6.06. The molecular formula is C26H24BrN7. The molecule has 0 bridgehead atoms. The first-order valence-electron chi connectivity index (χ1n) is 11.2. The molecule has 8 heteroatoms. The van der Waals surface area contributed by atoms with Crippen LogP contribution in [0.4, 0.5) is 0 Å². The van der Waals surface area contributed by atoms with Crippen LogP contribution in [0.25, 0.3) is 21.2 Å². The van der Waals surface area contributed by atoms with Gasteiger partial charge in [-0.15, -0.1) is 10.2 Å². The molecule has 0 atom stereocenters. The van der Waals surface area contributed by atoms with Crippen LogP contribution in [0.3, 0.4) is 0 Å². The topological polar surface area (TPSA) is 85.2 Å². The van der Waals surface area contributed by atoms with Gasteiger partial charge in [0.2, 0.25) is 5.82 Å². The summed E-state index contributed by atoms with van der Waals surface area (Å²) in [6.45, 7) is 6.98.